The Labute approximate surface area is 206 Å². The summed E-state index contributed by atoms with van der Waals surface area (Å²) in [4.78, 5) is 9.68. The molecule has 0 aliphatic carbocycles. The van der Waals surface area contributed by atoms with Crippen LogP contribution in [0.4, 0.5) is 0 Å². The zero-order chi connectivity index (χ0) is 24.6. The highest BCUT2D eigenvalue weighted by Crippen LogP contribution is 2.28. The third kappa shape index (κ3) is 5.57. The molecular weight excluding hydrogens is 442 g/mol. The number of methoxy groups -OCH3 is 4. The summed E-state index contributed by atoms with van der Waals surface area (Å²) in [5.41, 5.74) is 4.43. The van der Waals surface area contributed by atoms with Crippen molar-refractivity contribution in [2.75, 3.05) is 41.5 Å². The second-order valence-corrected chi connectivity index (χ2v) is 8.01. The van der Waals surface area contributed by atoms with E-state index < -0.39 is 0 Å². The van der Waals surface area contributed by atoms with Crippen LogP contribution in [0.2, 0.25) is 0 Å². The van der Waals surface area contributed by atoms with Crippen molar-refractivity contribution in [3.8, 4) is 23.0 Å². The Bertz CT molecular complexity index is 1140. The van der Waals surface area contributed by atoms with Crippen molar-refractivity contribution in [3.05, 3.63) is 82.9 Å². The van der Waals surface area contributed by atoms with Gasteiger partial charge in [-0.2, -0.15) is 0 Å². The van der Waals surface area contributed by atoms with Gasteiger partial charge in [0.15, 0.2) is 23.0 Å². The summed E-state index contributed by atoms with van der Waals surface area (Å²) >= 11 is 0. The molecule has 3 aromatic rings. The number of nitrogens with one attached hydrogen (secondary N) is 1. The van der Waals surface area contributed by atoms with Crippen LogP contribution in [0.25, 0.3) is 0 Å². The van der Waals surface area contributed by atoms with Gasteiger partial charge in [0.05, 0.1) is 28.4 Å². The minimum Gasteiger partial charge on any atom is -0.493 e. The molecule has 1 aliphatic heterocycles. The smallest absolute Gasteiger partial charge is 0.160 e. The SMILES string of the molecule is COc1ccc(CCN=C2NC(=NCCc3ccc(OC)c(OC)c3)c3ccccc32)cc1OC. The fourth-order valence-corrected chi connectivity index (χ4v) is 4.06. The first kappa shape index (κ1) is 24.1. The lowest BCUT2D eigenvalue weighted by molar-refractivity contribution is 0.354. The standard InChI is InChI=1S/C28H31N3O4/c1-32-23-11-9-19(17-25(23)34-3)13-15-29-27-21-7-5-6-8-22(21)28(31-27)30-16-14-20-10-12-24(33-2)26(18-20)35-4/h5-12,17-18H,13-16H2,1-4H3,(H,29,30,31). The zero-order valence-electron chi connectivity index (χ0n) is 20.6. The van der Waals surface area contributed by atoms with Gasteiger partial charge < -0.3 is 24.3 Å². The van der Waals surface area contributed by atoms with Gasteiger partial charge in [-0.25, -0.2) is 0 Å². The predicted octanol–water partition coefficient (Wildman–Crippen LogP) is 4.30. The summed E-state index contributed by atoms with van der Waals surface area (Å²) in [5, 5.41) is 3.42. The Morgan fingerprint density at radius 3 is 1.40 bits per heavy atom. The molecule has 1 aliphatic rings. The molecule has 0 radical (unpaired) electrons. The summed E-state index contributed by atoms with van der Waals surface area (Å²) in [6.07, 6.45) is 1.58. The second kappa shape index (κ2) is 11.4. The zero-order valence-corrected chi connectivity index (χ0v) is 20.6. The summed E-state index contributed by atoms with van der Waals surface area (Å²) < 4.78 is 21.5. The molecule has 1 N–H and O–H groups in total. The van der Waals surface area contributed by atoms with Gasteiger partial charge in [-0.3, -0.25) is 9.98 Å². The van der Waals surface area contributed by atoms with E-state index in [1.165, 1.54) is 0 Å². The highest BCUT2D eigenvalue weighted by molar-refractivity contribution is 6.25. The molecule has 0 atom stereocenters. The molecule has 0 bridgehead atoms. The number of nitrogens with zero attached hydrogens (tertiary/aromatic N) is 2. The minimum absolute atomic E-state index is 0.644. The van der Waals surface area contributed by atoms with Gasteiger partial charge in [0.25, 0.3) is 0 Å². The first-order valence-electron chi connectivity index (χ1n) is 11.5. The molecule has 35 heavy (non-hydrogen) atoms. The average Bonchev–Trinajstić information content (AvgIpc) is 3.26. The lowest BCUT2D eigenvalue weighted by Crippen LogP contribution is -2.23. The van der Waals surface area contributed by atoms with Crippen LogP contribution in [0.5, 0.6) is 23.0 Å². The molecule has 0 unspecified atom stereocenters. The molecule has 0 spiro atoms. The summed E-state index contributed by atoms with van der Waals surface area (Å²) in [7, 11) is 6.57. The molecule has 3 aromatic carbocycles. The molecule has 4 rings (SSSR count). The topological polar surface area (TPSA) is 73.7 Å². The third-order valence-electron chi connectivity index (χ3n) is 5.91. The van der Waals surface area contributed by atoms with Crippen LogP contribution in [0, 0.1) is 0 Å². The fraction of sp³-hybridized carbons (Fsp3) is 0.286. The minimum atomic E-state index is 0.644. The summed E-state index contributed by atoms with van der Waals surface area (Å²) in [6, 6.07) is 20.1. The van der Waals surface area contributed by atoms with Crippen molar-refractivity contribution in [2.45, 2.75) is 12.8 Å². The maximum absolute atomic E-state index is 5.41. The first-order valence-corrected chi connectivity index (χ1v) is 11.5. The predicted molar refractivity (Wildman–Crippen MR) is 139 cm³/mol. The van der Waals surface area contributed by atoms with Crippen molar-refractivity contribution in [2.24, 2.45) is 9.98 Å². The fourth-order valence-electron chi connectivity index (χ4n) is 4.06. The molecule has 0 saturated heterocycles. The lowest BCUT2D eigenvalue weighted by Gasteiger charge is -2.09. The molecule has 0 amide bonds. The number of amidine groups is 2. The number of ether oxygens (including phenoxy) is 4. The van der Waals surface area contributed by atoms with Crippen molar-refractivity contribution >= 4 is 11.7 Å². The van der Waals surface area contributed by atoms with E-state index in [2.05, 4.69) is 17.4 Å². The van der Waals surface area contributed by atoms with Gasteiger partial charge >= 0.3 is 0 Å². The van der Waals surface area contributed by atoms with Gasteiger partial charge in [0.1, 0.15) is 11.7 Å². The van der Waals surface area contributed by atoms with Crippen LogP contribution in [0.3, 0.4) is 0 Å². The maximum Gasteiger partial charge on any atom is 0.160 e. The maximum atomic E-state index is 5.41. The van der Waals surface area contributed by atoms with Crippen molar-refractivity contribution in [3.63, 3.8) is 0 Å². The number of hydrogen-bond acceptors (Lipinski definition) is 6. The van der Waals surface area contributed by atoms with E-state index in [0.717, 1.165) is 69.8 Å². The Hall–Kier alpha value is -4.00. The van der Waals surface area contributed by atoms with Crippen LogP contribution in [0.15, 0.2) is 70.6 Å². The number of hydrogen-bond donors (Lipinski definition) is 1. The van der Waals surface area contributed by atoms with E-state index >= 15 is 0 Å². The van der Waals surface area contributed by atoms with E-state index in [-0.39, 0.29) is 0 Å². The van der Waals surface area contributed by atoms with Crippen molar-refractivity contribution in [1.82, 2.24) is 5.32 Å². The highest BCUT2D eigenvalue weighted by Gasteiger charge is 2.22. The Kier molecular flexibility index (Phi) is 7.88. The molecule has 7 heteroatoms. The van der Waals surface area contributed by atoms with Crippen LogP contribution >= 0.6 is 0 Å². The van der Waals surface area contributed by atoms with Crippen LogP contribution in [-0.2, 0) is 12.8 Å². The number of benzene rings is 3. The third-order valence-corrected chi connectivity index (χ3v) is 5.91. The average molecular weight is 474 g/mol. The van der Waals surface area contributed by atoms with Crippen LogP contribution in [-0.4, -0.2) is 53.2 Å². The quantitative estimate of drug-likeness (QED) is 0.475. The molecule has 0 aromatic heterocycles. The van der Waals surface area contributed by atoms with E-state index in [4.69, 9.17) is 28.9 Å². The molecular formula is C28H31N3O4. The molecule has 0 saturated carbocycles. The number of fused-ring (bicyclic) bond motifs is 1. The van der Waals surface area contributed by atoms with Gasteiger partial charge in [0, 0.05) is 24.2 Å². The van der Waals surface area contributed by atoms with Gasteiger partial charge in [-0.1, -0.05) is 36.4 Å². The molecule has 1 heterocycles. The van der Waals surface area contributed by atoms with Gasteiger partial charge in [-0.05, 0) is 48.2 Å². The van der Waals surface area contributed by atoms with E-state index in [1.807, 2.05) is 48.5 Å². The molecule has 182 valence electrons. The van der Waals surface area contributed by atoms with Gasteiger partial charge in [0.2, 0.25) is 0 Å². The monoisotopic (exact) mass is 473 g/mol. The Morgan fingerprint density at radius 1 is 0.571 bits per heavy atom. The first-order chi connectivity index (χ1) is 17.2. The van der Waals surface area contributed by atoms with Crippen molar-refractivity contribution in [1.29, 1.82) is 0 Å². The van der Waals surface area contributed by atoms with E-state index in [0.29, 0.717) is 13.1 Å². The normalized spacial score (nSPS) is 14.5. The summed E-state index contributed by atoms with van der Waals surface area (Å²) in [5.74, 6) is 4.61. The van der Waals surface area contributed by atoms with Crippen LogP contribution in [0.1, 0.15) is 22.3 Å². The Balaban J connectivity index is 1.43. The van der Waals surface area contributed by atoms with E-state index in [1.54, 1.807) is 28.4 Å². The molecule has 0 fully saturated rings. The number of rotatable bonds is 10. The molecule has 7 nitrogen and oxygen atoms in total. The lowest BCUT2D eigenvalue weighted by atomic mass is 10.1. The van der Waals surface area contributed by atoms with E-state index in [9.17, 15) is 0 Å². The van der Waals surface area contributed by atoms with Gasteiger partial charge in [-0.15, -0.1) is 0 Å². The van der Waals surface area contributed by atoms with Crippen LogP contribution < -0.4 is 24.3 Å². The summed E-state index contributed by atoms with van der Waals surface area (Å²) in [6.45, 7) is 1.29. The largest absolute Gasteiger partial charge is 0.493 e. The second-order valence-electron chi connectivity index (χ2n) is 8.01. The Morgan fingerprint density at radius 2 is 1.00 bits per heavy atom. The number of aliphatic imine (C=N–C) groups is 2. The highest BCUT2D eigenvalue weighted by atomic mass is 16.5. The van der Waals surface area contributed by atoms with Crippen molar-refractivity contribution < 1.29 is 18.9 Å².